The van der Waals surface area contributed by atoms with Crippen LogP contribution in [0.25, 0.3) is 0 Å². The van der Waals surface area contributed by atoms with Crippen LogP contribution in [0.15, 0.2) is 47.4 Å². The summed E-state index contributed by atoms with van der Waals surface area (Å²) in [5.41, 5.74) is 1.05. The number of carbonyl (C=O) groups excluding carboxylic acids is 1. The van der Waals surface area contributed by atoms with E-state index in [4.69, 9.17) is 11.6 Å². The average Bonchev–Trinajstić information content (AvgIpc) is 2.62. The molecule has 0 radical (unpaired) electrons. The standard InChI is InChI=1S/C18H21ClN2O4S2/c1-12-3-6-14(7-4-12)27(24,25)21-15(9-10-26-2)18(23)20-16-11-13(19)5-8-17(16)22/h3-8,11,15,21-22H,9-10H2,1-2H3,(H,20,23). The molecule has 0 aliphatic rings. The predicted molar refractivity (Wildman–Crippen MR) is 110 cm³/mol. The summed E-state index contributed by atoms with van der Waals surface area (Å²) in [6.07, 6.45) is 2.16. The van der Waals surface area contributed by atoms with Crippen molar-refractivity contribution in [2.24, 2.45) is 0 Å². The first kappa shape index (κ1) is 21.6. The number of sulfonamides is 1. The van der Waals surface area contributed by atoms with Gasteiger partial charge in [0.1, 0.15) is 11.8 Å². The number of rotatable bonds is 8. The Hall–Kier alpha value is -1.74. The van der Waals surface area contributed by atoms with Crippen molar-refractivity contribution in [2.75, 3.05) is 17.3 Å². The minimum atomic E-state index is -3.87. The van der Waals surface area contributed by atoms with Crippen LogP contribution < -0.4 is 10.0 Å². The molecule has 6 nitrogen and oxygen atoms in total. The maximum absolute atomic E-state index is 12.6. The maximum atomic E-state index is 12.6. The lowest BCUT2D eigenvalue weighted by Crippen LogP contribution is -2.44. The number of amides is 1. The number of aromatic hydroxyl groups is 1. The van der Waals surface area contributed by atoms with Crippen LogP contribution in [0.1, 0.15) is 12.0 Å². The van der Waals surface area contributed by atoms with Gasteiger partial charge in [0, 0.05) is 5.02 Å². The molecule has 27 heavy (non-hydrogen) atoms. The van der Waals surface area contributed by atoms with Crippen molar-refractivity contribution < 1.29 is 18.3 Å². The fourth-order valence-electron chi connectivity index (χ4n) is 2.28. The predicted octanol–water partition coefficient (Wildman–Crippen LogP) is 3.39. The Morgan fingerprint density at radius 1 is 1.22 bits per heavy atom. The largest absolute Gasteiger partial charge is 0.506 e. The van der Waals surface area contributed by atoms with Crippen LogP contribution in [0.4, 0.5) is 5.69 Å². The molecule has 1 amide bonds. The van der Waals surface area contributed by atoms with Crippen LogP contribution >= 0.6 is 23.4 Å². The number of thioether (sulfide) groups is 1. The fraction of sp³-hybridized carbons (Fsp3) is 0.278. The smallest absolute Gasteiger partial charge is 0.242 e. The van der Waals surface area contributed by atoms with Crippen molar-refractivity contribution in [3.05, 3.63) is 53.1 Å². The van der Waals surface area contributed by atoms with E-state index >= 15 is 0 Å². The third-order valence-corrected chi connectivity index (χ3v) is 6.14. The number of phenolic OH excluding ortho intramolecular Hbond substituents is 1. The Morgan fingerprint density at radius 3 is 2.52 bits per heavy atom. The molecule has 0 heterocycles. The van der Waals surface area contributed by atoms with Gasteiger partial charge >= 0.3 is 0 Å². The molecule has 1 atom stereocenters. The first-order valence-electron chi connectivity index (χ1n) is 8.10. The van der Waals surface area contributed by atoms with E-state index in [0.717, 1.165) is 5.56 Å². The second-order valence-electron chi connectivity index (χ2n) is 5.92. The minimum absolute atomic E-state index is 0.0839. The van der Waals surface area contributed by atoms with Gasteiger partial charge < -0.3 is 10.4 Å². The van der Waals surface area contributed by atoms with E-state index in [0.29, 0.717) is 17.2 Å². The van der Waals surface area contributed by atoms with Crippen molar-refractivity contribution >= 4 is 45.0 Å². The molecule has 1 unspecified atom stereocenters. The van der Waals surface area contributed by atoms with E-state index < -0.39 is 22.0 Å². The Labute approximate surface area is 168 Å². The molecule has 0 aliphatic carbocycles. The fourth-order valence-corrected chi connectivity index (χ4v) is 4.15. The van der Waals surface area contributed by atoms with E-state index in [1.807, 2.05) is 13.2 Å². The maximum Gasteiger partial charge on any atom is 0.242 e. The first-order valence-corrected chi connectivity index (χ1v) is 11.4. The van der Waals surface area contributed by atoms with Crippen LogP contribution in [0.5, 0.6) is 5.75 Å². The zero-order valence-corrected chi connectivity index (χ0v) is 17.3. The van der Waals surface area contributed by atoms with E-state index in [-0.39, 0.29) is 16.3 Å². The lowest BCUT2D eigenvalue weighted by Gasteiger charge is -2.19. The van der Waals surface area contributed by atoms with Gasteiger partial charge in [-0.05, 0) is 55.7 Å². The van der Waals surface area contributed by atoms with Crippen LogP contribution in [0.3, 0.4) is 0 Å². The third-order valence-electron chi connectivity index (χ3n) is 3.77. The van der Waals surface area contributed by atoms with Crippen molar-refractivity contribution in [2.45, 2.75) is 24.3 Å². The molecule has 2 aromatic rings. The zero-order valence-electron chi connectivity index (χ0n) is 14.9. The van der Waals surface area contributed by atoms with Gasteiger partial charge in [0.25, 0.3) is 0 Å². The van der Waals surface area contributed by atoms with Crippen LogP contribution in [-0.2, 0) is 14.8 Å². The van der Waals surface area contributed by atoms with E-state index in [2.05, 4.69) is 10.0 Å². The molecule has 0 fully saturated rings. The molecule has 0 saturated carbocycles. The highest BCUT2D eigenvalue weighted by atomic mass is 35.5. The summed E-state index contributed by atoms with van der Waals surface area (Å²) in [7, 11) is -3.87. The second kappa shape index (κ2) is 9.45. The number of halogens is 1. The molecule has 2 aromatic carbocycles. The molecule has 2 rings (SSSR count). The number of anilines is 1. The van der Waals surface area contributed by atoms with Crippen molar-refractivity contribution in [1.29, 1.82) is 0 Å². The molecule has 3 N–H and O–H groups in total. The number of carbonyl (C=O) groups is 1. The molecule has 0 bridgehead atoms. The molecule has 146 valence electrons. The Balaban J connectivity index is 2.21. The molecule has 0 aliphatic heterocycles. The average molecular weight is 429 g/mol. The van der Waals surface area contributed by atoms with Crippen LogP contribution in [-0.4, -0.2) is 37.5 Å². The molecular weight excluding hydrogens is 408 g/mol. The lowest BCUT2D eigenvalue weighted by atomic mass is 10.2. The third kappa shape index (κ3) is 6.14. The zero-order chi connectivity index (χ0) is 20.0. The van der Waals surface area contributed by atoms with Gasteiger partial charge in [-0.1, -0.05) is 29.3 Å². The first-order chi connectivity index (χ1) is 12.7. The van der Waals surface area contributed by atoms with Gasteiger partial charge in [0.05, 0.1) is 10.6 Å². The monoisotopic (exact) mass is 428 g/mol. The highest BCUT2D eigenvalue weighted by molar-refractivity contribution is 7.98. The summed E-state index contributed by atoms with van der Waals surface area (Å²) in [5.74, 6) is -0.147. The SMILES string of the molecule is CSCCC(NS(=O)(=O)c1ccc(C)cc1)C(=O)Nc1cc(Cl)ccc1O. The highest BCUT2D eigenvalue weighted by Gasteiger charge is 2.26. The molecule has 9 heteroatoms. The van der Waals surface area contributed by atoms with E-state index in [1.54, 1.807) is 12.1 Å². The van der Waals surface area contributed by atoms with Gasteiger partial charge in [0.15, 0.2) is 0 Å². The van der Waals surface area contributed by atoms with E-state index in [9.17, 15) is 18.3 Å². The van der Waals surface area contributed by atoms with Crippen molar-refractivity contribution in [1.82, 2.24) is 4.72 Å². The van der Waals surface area contributed by atoms with Gasteiger partial charge in [-0.15, -0.1) is 0 Å². The Morgan fingerprint density at radius 2 is 1.89 bits per heavy atom. The van der Waals surface area contributed by atoms with Crippen LogP contribution in [0.2, 0.25) is 5.02 Å². The van der Waals surface area contributed by atoms with E-state index in [1.165, 1.54) is 42.1 Å². The Kier molecular flexibility index (Phi) is 7.55. The van der Waals surface area contributed by atoms with Gasteiger partial charge in [0.2, 0.25) is 15.9 Å². The van der Waals surface area contributed by atoms with Crippen molar-refractivity contribution in [3.8, 4) is 5.75 Å². The normalized spacial score (nSPS) is 12.6. The summed E-state index contributed by atoms with van der Waals surface area (Å²) >= 11 is 7.38. The summed E-state index contributed by atoms with van der Waals surface area (Å²) in [6.45, 7) is 1.86. The molecule has 0 aromatic heterocycles. The van der Waals surface area contributed by atoms with Gasteiger partial charge in [-0.2, -0.15) is 16.5 Å². The summed E-state index contributed by atoms with van der Waals surface area (Å²) in [5, 5.41) is 12.7. The second-order valence-corrected chi connectivity index (χ2v) is 9.06. The minimum Gasteiger partial charge on any atom is -0.506 e. The summed E-state index contributed by atoms with van der Waals surface area (Å²) < 4.78 is 27.7. The quantitative estimate of drug-likeness (QED) is 0.560. The number of benzene rings is 2. The summed E-state index contributed by atoms with van der Waals surface area (Å²) in [4.78, 5) is 12.7. The Bertz CT molecular complexity index is 902. The highest BCUT2D eigenvalue weighted by Crippen LogP contribution is 2.27. The number of phenols is 1. The van der Waals surface area contributed by atoms with Gasteiger partial charge in [-0.25, -0.2) is 8.42 Å². The number of nitrogens with one attached hydrogen (secondary N) is 2. The number of aryl methyl sites for hydroxylation is 1. The number of hydrogen-bond donors (Lipinski definition) is 3. The van der Waals surface area contributed by atoms with Gasteiger partial charge in [-0.3, -0.25) is 4.79 Å². The van der Waals surface area contributed by atoms with Crippen molar-refractivity contribution in [3.63, 3.8) is 0 Å². The van der Waals surface area contributed by atoms with Crippen LogP contribution in [0, 0.1) is 6.92 Å². The topological polar surface area (TPSA) is 95.5 Å². The summed E-state index contributed by atoms with van der Waals surface area (Å²) in [6, 6.07) is 9.60. The number of hydrogen-bond acceptors (Lipinski definition) is 5. The molecular formula is C18H21ClN2O4S2. The molecule has 0 saturated heterocycles. The molecule has 0 spiro atoms. The lowest BCUT2D eigenvalue weighted by molar-refractivity contribution is -0.117.